The van der Waals surface area contributed by atoms with Gasteiger partial charge in [-0.15, -0.1) is 0 Å². The van der Waals surface area contributed by atoms with Crippen molar-refractivity contribution in [3.8, 4) is 11.6 Å². The highest BCUT2D eigenvalue weighted by Crippen LogP contribution is 2.25. The van der Waals surface area contributed by atoms with Crippen molar-refractivity contribution in [2.75, 3.05) is 20.8 Å². The molecule has 0 radical (unpaired) electrons. The molecule has 0 aliphatic rings. The third kappa shape index (κ3) is 2.12. The maximum Gasteiger partial charge on any atom is 0.213 e. The molecule has 0 aromatic carbocycles. The molecule has 0 aliphatic heterocycles. The predicted octanol–water partition coefficient (Wildman–Crippen LogP) is 0.0909. The van der Waals surface area contributed by atoms with Crippen LogP contribution in [0.25, 0.3) is 0 Å². The van der Waals surface area contributed by atoms with Crippen LogP contribution in [0.3, 0.4) is 0 Å². The third-order valence-corrected chi connectivity index (χ3v) is 1.90. The summed E-state index contributed by atoms with van der Waals surface area (Å²) < 4.78 is 10.0. The van der Waals surface area contributed by atoms with Crippen LogP contribution < -0.4 is 15.2 Å². The van der Waals surface area contributed by atoms with E-state index in [2.05, 4.69) is 4.98 Å². The topological polar surface area (TPSA) is 77.6 Å². The number of rotatable bonds is 4. The van der Waals surface area contributed by atoms with E-state index in [-0.39, 0.29) is 6.61 Å². The Kier molecular flexibility index (Phi) is 3.67. The number of nitrogens with two attached hydrogens (primary N) is 1. The van der Waals surface area contributed by atoms with E-state index in [1.807, 2.05) is 0 Å². The predicted molar refractivity (Wildman–Crippen MR) is 51.4 cm³/mol. The molecular formula is C9H14N2O3. The SMILES string of the molecule is COc1cc([C@@H](N)CO)c(OC)cn1. The zero-order valence-corrected chi connectivity index (χ0v) is 8.23. The molecular weight excluding hydrogens is 184 g/mol. The molecule has 1 heterocycles. The summed E-state index contributed by atoms with van der Waals surface area (Å²) in [5.41, 5.74) is 6.36. The maximum absolute atomic E-state index is 8.93. The van der Waals surface area contributed by atoms with Crippen molar-refractivity contribution in [2.24, 2.45) is 5.73 Å². The van der Waals surface area contributed by atoms with Crippen LogP contribution in [0.15, 0.2) is 12.3 Å². The summed E-state index contributed by atoms with van der Waals surface area (Å²) in [6.07, 6.45) is 1.52. The molecule has 0 saturated carbocycles. The van der Waals surface area contributed by atoms with Crippen molar-refractivity contribution in [2.45, 2.75) is 6.04 Å². The first-order valence-corrected chi connectivity index (χ1v) is 4.17. The van der Waals surface area contributed by atoms with Crippen molar-refractivity contribution in [1.82, 2.24) is 4.98 Å². The van der Waals surface area contributed by atoms with Crippen LogP contribution in [0.1, 0.15) is 11.6 Å². The Bertz CT molecular complexity index is 304. The number of methoxy groups -OCH3 is 2. The molecule has 14 heavy (non-hydrogen) atoms. The number of hydrogen-bond acceptors (Lipinski definition) is 5. The van der Waals surface area contributed by atoms with Crippen molar-refractivity contribution >= 4 is 0 Å². The fraction of sp³-hybridized carbons (Fsp3) is 0.444. The highest BCUT2D eigenvalue weighted by molar-refractivity contribution is 5.37. The van der Waals surface area contributed by atoms with E-state index < -0.39 is 6.04 Å². The summed E-state index contributed by atoms with van der Waals surface area (Å²) >= 11 is 0. The van der Waals surface area contributed by atoms with Gasteiger partial charge in [0.1, 0.15) is 5.75 Å². The molecule has 78 valence electrons. The molecule has 1 aromatic rings. The molecule has 0 fully saturated rings. The first-order valence-electron chi connectivity index (χ1n) is 4.17. The highest BCUT2D eigenvalue weighted by atomic mass is 16.5. The van der Waals surface area contributed by atoms with Crippen LogP contribution >= 0.6 is 0 Å². The number of ether oxygens (including phenoxy) is 2. The van der Waals surface area contributed by atoms with E-state index in [9.17, 15) is 0 Å². The van der Waals surface area contributed by atoms with Crippen molar-refractivity contribution < 1.29 is 14.6 Å². The lowest BCUT2D eigenvalue weighted by atomic mass is 10.1. The van der Waals surface area contributed by atoms with Gasteiger partial charge >= 0.3 is 0 Å². The minimum Gasteiger partial charge on any atom is -0.495 e. The quantitative estimate of drug-likeness (QED) is 0.717. The molecule has 3 N–H and O–H groups in total. The minimum atomic E-state index is -0.484. The first-order chi connectivity index (χ1) is 6.72. The van der Waals surface area contributed by atoms with E-state index >= 15 is 0 Å². The minimum absolute atomic E-state index is 0.149. The average molecular weight is 198 g/mol. The van der Waals surface area contributed by atoms with E-state index in [1.165, 1.54) is 20.4 Å². The Morgan fingerprint density at radius 1 is 1.50 bits per heavy atom. The van der Waals surface area contributed by atoms with Crippen molar-refractivity contribution in [1.29, 1.82) is 0 Å². The van der Waals surface area contributed by atoms with Crippen molar-refractivity contribution in [3.63, 3.8) is 0 Å². The summed E-state index contributed by atoms with van der Waals surface area (Å²) in [5, 5.41) is 8.93. The molecule has 0 spiro atoms. The van der Waals surface area contributed by atoms with Gasteiger partial charge in [-0.25, -0.2) is 4.98 Å². The average Bonchev–Trinajstić information content (AvgIpc) is 2.27. The third-order valence-electron chi connectivity index (χ3n) is 1.90. The summed E-state index contributed by atoms with van der Waals surface area (Å²) in [6, 6.07) is 1.17. The molecule has 1 atom stereocenters. The van der Waals surface area contributed by atoms with Gasteiger partial charge in [0.2, 0.25) is 5.88 Å². The van der Waals surface area contributed by atoms with Crippen LogP contribution in [0.2, 0.25) is 0 Å². The molecule has 5 nitrogen and oxygen atoms in total. The standard InChI is InChI=1S/C9H14N2O3/c1-13-8-4-11-9(14-2)3-6(8)7(10)5-12/h3-4,7,12H,5,10H2,1-2H3/t7-/m0/s1. The van der Waals surface area contributed by atoms with Crippen LogP contribution in [0, 0.1) is 0 Å². The smallest absolute Gasteiger partial charge is 0.213 e. The zero-order chi connectivity index (χ0) is 10.6. The number of aliphatic hydroxyl groups is 1. The molecule has 1 rings (SSSR count). The van der Waals surface area contributed by atoms with Gasteiger partial charge in [0.25, 0.3) is 0 Å². The van der Waals surface area contributed by atoms with Crippen LogP contribution in [0.5, 0.6) is 11.6 Å². The largest absolute Gasteiger partial charge is 0.495 e. The summed E-state index contributed by atoms with van der Waals surface area (Å²) in [4.78, 5) is 3.96. The van der Waals surface area contributed by atoms with E-state index in [0.717, 1.165) is 0 Å². The molecule has 1 aromatic heterocycles. The Labute approximate surface area is 82.5 Å². The lowest BCUT2D eigenvalue weighted by molar-refractivity contribution is 0.264. The lowest BCUT2D eigenvalue weighted by Crippen LogP contribution is -2.15. The second-order valence-electron chi connectivity index (χ2n) is 2.76. The Hall–Kier alpha value is -1.33. The Morgan fingerprint density at radius 3 is 2.71 bits per heavy atom. The normalized spacial score (nSPS) is 12.3. The molecule has 0 unspecified atom stereocenters. The molecule has 0 amide bonds. The van der Waals surface area contributed by atoms with Gasteiger partial charge in [-0.1, -0.05) is 0 Å². The number of pyridine rings is 1. The Morgan fingerprint density at radius 2 is 2.21 bits per heavy atom. The number of nitrogens with zero attached hydrogens (tertiary/aromatic N) is 1. The van der Waals surface area contributed by atoms with Gasteiger partial charge < -0.3 is 20.3 Å². The summed E-state index contributed by atoms with van der Waals surface area (Å²) in [5.74, 6) is 0.997. The number of aliphatic hydroxyl groups excluding tert-OH is 1. The fourth-order valence-electron chi connectivity index (χ4n) is 1.11. The van der Waals surface area contributed by atoms with Gasteiger partial charge in [-0.05, 0) is 0 Å². The van der Waals surface area contributed by atoms with Gasteiger partial charge in [-0.3, -0.25) is 0 Å². The monoisotopic (exact) mass is 198 g/mol. The molecule has 5 heteroatoms. The van der Waals surface area contributed by atoms with Gasteiger partial charge in [0, 0.05) is 11.6 Å². The lowest BCUT2D eigenvalue weighted by Gasteiger charge is -2.13. The number of aromatic nitrogens is 1. The van der Waals surface area contributed by atoms with Gasteiger partial charge in [-0.2, -0.15) is 0 Å². The van der Waals surface area contributed by atoms with Gasteiger partial charge in [0.15, 0.2) is 0 Å². The van der Waals surface area contributed by atoms with Crippen LogP contribution in [-0.2, 0) is 0 Å². The second kappa shape index (κ2) is 4.78. The molecule has 0 aliphatic carbocycles. The van der Waals surface area contributed by atoms with Crippen LogP contribution in [0.4, 0.5) is 0 Å². The Balaban J connectivity index is 3.08. The van der Waals surface area contributed by atoms with Gasteiger partial charge in [0.05, 0.1) is 33.1 Å². The molecule has 0 saturated heterocycles. The van der Waals surface area contributed by atoms with Crippen LogP contribution in [-0.4, -0.2) is 30.9 Å². The highest BCUT2D eigenvalue weighted by Gasteiger charge is 2.12. The second-order valence-corrected chi connectivity index (χ2v) is 2.76. The maximum atomic E-state index is 8.93. The summed E-state index contributed by atoms with van der Waals surface area (Å²) in [7, 11) is 3.04. The van der Waals surface area contributed by atoms with E-state index in [0.29, 0.717) is 17.2 Å². The van der Waals surface area contributed by atoms with E-state index in [4.69, 9.17) is 20.3 Å². The zero-order valence-electron chi connectivity index (χ0n) is 8.23. The number of hydrogen-bond donors (Lipinski definition) is 2. The van der Waals surface area contributed by atoms with Crippen molar-refractivity contribution in [3.05, 3.63) is 17.8 Å². The fourth-order valence-corrected chi connectivity index (χ4v) is 1.11. The summed E-state index contributed by atoms with van der Waals surface area (Å²) in [6.45, 7) is -0.149. The first kappa shape index (κ1) is 10.7. The molecule has 0 bridgehead atoms. The van der Waals surface area contributed by atoms with E-state index in [1.54, 1.807) is 6.07 Å².